The van der Waals surface area contributed by atoms with Crippen LogP contribution in [0.2, 0.25) is 0 Å². The largest absolute Gasteiger partial charge is 0.316 e. The molecule has 0 radical (unpaired) electrons. The van der Waals surface area contributed by atoms with E-state index in [0.717, 1.165) is 42.6 Å². The van der Waals surface area contributed by atoms with E-state index in [4.69, 9.17) is 0 Å². The SMILES string of the molecule is Cc1cc(C)nc(CC2CCNC2)n1. The minimum Gasteiger partial charge on any atom is -0.316 e. The molecule has 1 saturated heterocycles. The number of nitrogens with one attached hydrogen (secondary N) is 1. The summed E-state index contributed by atoms with van der Waals surface area (Å²) < 4.78 is 0. The van der Waals surface area contributed by atoms with Crippen LogP contribution in [0.4, 0.5) is 0 Å². The molecule has 1 aliphatic rings. The predicted molar refractivity (Wildman–Crippen MR) is 56.2 cm³/mol. The highest BCUT2D eigenvalue weighted by Crippen LogP contribution is 2.13. The van der Waals surface area contributed by atoms with Crippen LogP contribution in [0.15, 0.2) is 6.07 Å². The molecule has 2 rings (SSSR count). The molecule has 3 heteroatoms. The van der Waals surface area contributed by atoms with Crippen molar-refractivity contribution in [1.29, 1.82) is 0 Å². The summed E-state index contributed by atoms with van der Waals surface area (Å²) in [5.41, 5.74) is 2.16. The number of nitrogens with zero attached hydrogens (tertiary/aromatic N) is 2. The lowest BCUT2D eigenvalue weighted by molar-refractivity contribution is 0.559. The van der Waals surface area contributed by atoms with Gasteiger partial charge in [-0.05, 0) is 45.3 Å². The van der Waals surface area contributed by atoms with Crippen LogP contribution in [0.5, 0.6) is 0 Å². The molecule has 1 N–H and O–H groups in total. The van der Waals surface area contributed by atoms with Gasteiger partial charge in [0.1, 0.15) is 5.82 Å². The fraction of sp³-hybridized carbons (Fsp3) is 0.636. The fourth-order valence-electron chi connectivity index (χ4n) is 2.04. The zero-order chi connectivity index (χ0) is 9.97. The minimum atomic E-state index is 0.733. The Hall–Kier alpha value is -0.960. The van der Waals surface area contributed by atoms with Crippen molar-refractivity contribution < 1.29 is 0 Å². The van der Waals surface area contributed by atoms with Crippen molar-refractivity contribution >= 4 is 0 Å². The van der Waals surface area contributed by atoms with E-state index < -0.39 is 0 Å². The monoisotopic (exact) mass is 191 g/mol. The van der Waals surface area contributed by atoms with Gasteiger partial charge in [0.15, 0.2) is 0 Å². The number of hydrogen-bond acceptors (Lipinski definition) is 3. The Balaban J connectivity index is 2.07. The van der Waals surface area contributed by atoms with Crippen LogP contribution in [0.25, 0.3) is 0 Å². The molecule has 1 atom stereocenters. The Morgan fingerprint density at radius 1 is 1.36 bits per heavy atom. The van der Waals surface area contributed by atoms with Crippen molar-refractivity contribution in [3.05, 3.63) is 23.3 Å². The summed E-state index contributed by atoms with van der Waals surface area (Å²) in [5.74, 6) is 1.74. The van der Waals surface area contributed by atoms with Crippen molar-refractivity contribution in [2.24, 2.45) is 5.92 Å². The molecule has 1 fully saturated rings. The second-order valence-electron chi connectivity index (χ2n) is 4.13. The van der Waals surface area contributed by atoms with Gasteiger partial charge in [0.2, 0.25) is 0 Å². The molecule has 1 aliphatic heterocycles. The molecular weight excluding hydrogens is 174 g/mol. The lowest BCUT2D eigenvalue weighted by atomic mass is 10.0. The summed E-state index contributed by atoms with van der Waals surface area (Å²) in [4.78, 5) is 8.92. The van der Waals surface area contributed by atoms with Crippen LogP contribution in [0.3, 0.4) is 0 Å². The summed E-state index contributed by atoms with van der Waals surface area (Å²) in [6, 6.07) is 2.02. The lowest BCUT2D eigenvalue weighted by Gasteiger charge is -2.07. The van der Waals surface area contributed by atoms with Crippen LogP contribution in [-0.4, -0.2) is 23.1 Å². The number of aromatic nitrogens is 2. The standard InChI is InChI=1S/C11H17N3/c1-8-5-9(2)14-11(13-8)6-10-3-4-12-7-10/h5,10,12H,3-4,6-7H2,1-2H3. The van der Waals surface area contributed by atoms with Crippen molar-refractivity contribution in [2.45, 2.75) is 26.7 Å². The number of rotatable bonds is 2. The van der Waals surface area contributed by atoms with Gasteiger partial charge in [-0.2, -0.15) is 0 Å². The van der Waals surface area contributed by atoms with Crippen LogP contribution in [0, 0.1) is 19.8 Å². The molecule has 1 unspecified atom stereocenters. The molecule has 76 valence electrons. The Kier molecular flexibility index (Phi) is 2.77. The molecule has 0 saturated carbocycles. The smallest absolute Gasteiger partial charge is 0.129 e. The van der Waals surface area contributed by atoms with Gasteiger partial charge >= 0.3 is 0 Å². The van der Waals surface area contributed by atoms with E-state index in [1.807, 2.05) is 19.9 Å². The van der Waals surface area contributed by atoms with Gasteiger partial charge in [0, 0.05) is 17.8 Å². The first-order valence-electron chi connectivity index (χ1n) is 5.26. The van der Waals surface area contributed by atoms with Crippen molar-refractivity contribution in [2.75, 3.05) is 13.1 Å². The fourth-order valence-corrected chi connectivity index (χ4v) is 2.04. The van der Waals surface area contributed by atoms with Gasteiger partial charge in [-0.15, -0.1) is 0 Å². The number of aryl methyl sites for hydroxylation is 2. The summed E-state index contributed by atoms with van der Waals surface area (Å²) >= 11 is 0. The van der Waals surface area contributed by atoms with E-state index in [9.17, 15) is 0 Å². The second-order valence-corrected chi connectivity index (χ2v) is 4.13. The Bertz CT molecular complexity index is 296. The Morgan fingerprint density at radius 3 is 2.64 bits per heavy atom. The first-order valence-corrected chi connectivity index (χ1v) is 5.26. The predicted octanol–water partition coefficient (Wildman–Crippen LogP) is 1.25. The van der Waals surface area contributed by atoms with E-state index in [0.29, 0.717) is 0 Å². The van der Waals surface area contributed by atoms with Crippen molar-refractivity contribution in [3.8, 4) is 0 Å². The quantitative estimate of drug-likeness (QED) is 0.764. The van der Waals surface area contributed by atoms with E-state index in [2.05, 4.69) is 15.3 Å². The van der Waals surface area contributed by atoms with Gasteiger partial charge in [-0.1, -0.05) is 0 Å². The maximum atomic E-state index is 4.46. The second kappa shape index (κ2) is 4.05. The highest BCUT2D eigenvalue weighted by molar-refractivity contribution is 5.08. The average molecular weight is 191 g/mol. The first kappa shape index (κ1) is 9.59. The third-order valence-electron chi connectivity index (χ3n) is 2.66. The lowest BCUT2D eigenvalue weighted by Crippen LogP contribution is -2.12. The zero-order valence-corrected chi connectivity index (χ0v) is 8.88. The molecule has 3 nitrogen and oxygen atoms in total. The highest BCUT2D eigenvalue weighted by Gasteiger charge is 2.16. The van der Waals surface area contributed by atoms with Crippen molar-refractivity contribution in [1.82, 2.24) is 15.3 Å². The molecule has 1 aromatic heterocycles. The molecule has 0 amide bonds. The summed E-state index contributed by atoms with van der Waals surface area (Å²) in [6.07, 6.45) is 2.28. The molecule has 0 bridgehead atoms. The summed E-state index contributed by atoms with van der Waals surface area (Å²) in [6.45, 7) is 6.34. The zero-order valence-electron chi connectivity index (χ0n) is 8.88. The maximum Gasteiger partial charge on any atom is 0.129 e. The summed E-state index contributed by atoms with van der Waals surface area (Å²) in [7, 11) is 0. The average Bonchev–Trinajstić information content (AvgIpc) is 2.54. The normalized spacial score (nSPS) is 21.4. The Morgan fingerprint density at radius 2 is 2.07 bits per heavy atom. The first-order chi connectivity index (χ1) is 6.74. The Labute approximate surface area is 85.0 Å². The molecule has 14 heavy (non-hydrogen) atoms. The third kappa shape index (κ3) is 2.29. The molecule has 0 spiro atoms. The minimum absolute atomic E-state index is 0.733. The van der Waals surface area contributed by atoms with Gasteiger partial charge in [-0.25, -0.2) is 9.97 Å². The summed E-state index contributed by atoms with van der Waals surface area (Å²) in [5, 5.41) is 3.37. The van der Waals surface area contributed by atoms with Gasteiger partial charge in [-0.3, -0.25) is 0 Å². The van der Waals surface area contributed by atoms with Crippen LogP contribution in [-0.2, 0) is 6.42 Å². The maximum absolute atomic E-state index is 4.46. The van der Waals surface area contributed by atoms with Gasteiger partial charge in [0.25, 0.3) is 0 Å². The number of hydrogen-bond donors (Lipinski definition) is 1. The van der Waals surface area contributed by atoms with Gasteiger partial charge < -0.3 is 5.32 Å². The molecule has 0 aromatic carbocycles. The van der Waals surface area contributed by atoms with Crippen LogP contribution < -0.4 is 5.32 Å². The molecule has 2 heterocycles. The molecular formula is C11H17N3. The molecule has 1 aromatic rings. The van der Waals surface area contributed by atoms with Gasteiger partial charge in [0.05, 0.1) is 0 Å². The highest BCUT2D eigenvalue weighted by atomic mass is 14.9. The van der Waals surface area contributed by atoms with E-state index in [-0.39, 0.29) is 0 Å². The van der Waals surface area contributed by atoms with E-state index >= 15 is 0 Å². The van der Waals surface area contributed by atoms with Crippen LogP contribution >= 0.6 is 0 Å². The van der Waals surface area contributed by atoms with Crippen LogP contribution in [0.1, 0.15) is 23.6 Å². The van der Waals surface area contributed by atoms with E-state index in [1.54, 1.807) is 0 Å². The molecule has 0 aliphatic carbocycles. The van der Waals surface area contributed by atoms with E-state index in [1.165, 1.54) is 6.42 Å². The topological polar surface area (TPSA) is 37.8 Å². The third-order valence-corrected chi connectivity index (χ3v) is 2.66. The van der Waals surface area contributed by atoms with Crippen molar-refractivity contribution in [3.63, 3.8) is 0 Å².